The quantitative estimate of drug-likeness (QED) is 0.207. The van der Waals surface area contributed by atoms with Gasteiger partial charge in [0.15, 0.2) is 15.0 Å². The van der Waals surface area contributed by atoms with Gasteiger partial charge in [0.2, 0.25) is 0 Å². The number of hydrogen-bond acceptors (Lipinski definition) is 6. The van der Waals surface area contributed by atoms with Crippen molar-refractivity contribution in [1.29, 1.82) is 0 Å². The largest absolute Gasteiger partial charge is 0.391 e. The van der Waals surface area contributed by atoms with Gasteiger partial charge >= 0.3 is 0 Å². The van der Waals surface area contributed by atoms with Gasteiger partial charge in [-0.15, -0.1) is 0 Å². The Morgan fingerprint density at radius 2 is 2.15 bits per heavy atom. The fourth-order valence-corrected chi connectivity index (χ4v) is 4.35. The Kier molecular flexibility index (Phi) is 3.04. The number of sulfone groups is 1. The summed E-state index contributed by atoms with van der Waals surface area (Å²) in [5, 5.41) is 12.1. The lowest BCUT2D eigenvalue weighted by Gasteiger charge is -2.09. The molecule has 1 heterocycles. The van der Waals surface area contributed by atoms with Gasteiger partial charge in [0.1, 0.15) is 0 Å². The van der Waals surface area contributed by atoms with Crippen molar-refractivity contribution >= 4 is 26.8 Å². The number of hydrazone groups is 1. The van der Waals surface area contributed by atoms with Crippen LogP contribution in [0.5, 0.6) is 0 Å². The zero-order valence-electron chi connectivity index (χ0n) is 6.75. The third-order valence-electron chi connectivity index (χ3n) is 1.67. The number of nitrogens with zero attached hydrogens (tertiary/aromatic N) is 1. The van der Waals surface area contributed by atoms with E-state index in [9.17, 15) is 13.5 Å². The summed E-state index contributed by atoms with van der Waals surface area (Å²) in [6.07, 6.45) is -0.879. The zero-order valence-corrected chi connectivity index (χ0v) is 8.38. The van der Waals surface area contributed by atoms with E-state index in [0.717, 1.165) is 11.8 Å². The van der Waals surface area contributed by atoms with Crippen molar-refractivity contribution < 1.29 is 13.5 Å². The van der Waals surface area contributed by atoms with Crippen molar-refractivity contribution in [3.05, 3.63) is 0 Å². The molecule has 1 aliphatic heterocycles. The third-order valence-corrected chi connectivity index (χ3v) is 4.73. The number of aliphatic hydroxyl groups is 1. The molecule has 0 spiro atoms. The lowest BCUT2D eigenvalue weighted by atomic mass is 10.3. The Morgan fingerprint density at radius 1 is 1.54 bits per heavy atom. The van der Waals surface area contributed by atoms with E-state index in [1.807, 2.05) is 0 Å². The molecule has 0 radical (unpaired) electrons. The summed E-state index contributed by atoms with van der Waals surface area (Å²) in [6.45, 7) is 0. The van der Waals surface area contributed by atoms with E-state index in [2.05, 4.69) is 5.10 Å². The minimum Gasteiger partial charge on any atom is -0.391 e. The second-order valence-electron chi connectivity index (χ2n) is 2.77. The van der Waals surface area contributed by atoms with Gasteiger partial charge in [-0.05, 0) is 0 Å². The van der Waals surface area contributed by atoms with Crippen LogP contribution in [-0.4, -0.2) is 41.6 Å². The molecule has 6 nitrogen and oxygen atoms in total. The monoisotopic (exact) mass is 225 g/mol. The average Bonchev–Trinajstić information content (AvgIpc) is 2.24. The molecule has 0 aromatic rings. The molecule has 1 fully saturated rings. The van der Waals surface area contributed by atoms with E-state index in [0.29, 0.717) is 0 Å². The Balaban J connectivity index is 2.64. The minimum absolute atomic E-state index is 0.0744. The highest BCUT2D eigenvalue weighted by molar-refractivity contribution is 8.15. The molecule has 0 aliphatic carbocycles. The van der Waals surface area contributed by atoms with E-state index in [1.165, 1.54) is 0 Å². The maximum absolute atomic E-state index is 11.0. The summed E-state index contributed by atoms with van der Waals surface area (Å²) in [6, 6.07) is 0. The molecule has 0 saturated carbocycles. The lowest BCUT2D eigenvalue weighted by Crippen LogP contribution is -2.24. The Bertz CT molecular complexity index is 313. The summed E-state index contributed by atoms with van der Waals surface area (Å²) in [5.41, 5.74) is 5.29. The van der Waals surface area contributed by atoms with E-state index < -0.39 is 21.2 Å². The molecule has 0 amide bonds. The number of thioether (sulfide) groups is 1. The molecule has 0 aromatic carbocycles. The van der Waals surface area contributed by atoms with Crippen LogP contribution in [0, 0.1) is 0 Å². The topological polar surface area (TPSA) is 119 Å². The Hall–Kier alpha value is -0.470. The van der Waals surface area contributed by atoms with Crippen LogP contribution in [0.25, 0.3) is 0 Å². The van der Waals surface area contributed by atoms with Gasteiger partial charge in [0.05, 0.1) is 22.9 Å². The first-order chi connectivity index (χ1) is 5.94. The molecule has 76 valence electrons. The van der Waals surface area contributed by atoms with Crippen LogP contribution in [0.15, 0.2) is 5.10 Å². The SMILES string of the molecule is NN=C(N)SC1CS(=O)(=O)CC1O. The van der Waals surface area contributed by atoms with Crippen LogP contribution in [0.3, 0.4) is 0 Å². The number of amidine groups is 1. The van der Waals surface area contributed by atoms with Crippen molar-refractivity contribution in [2.45, 2.75) is 11.4 Å². The highest BCUT2D eigenvalue weighted by atomic mass is 32.2. The molecule has 1 aliphatic rings. The summed E-state index contributed by atoms with van der Waals surface area (Å²) >= 11 is 0.991. The van der Waals surface area contributed by atoms with Gasteiger partial charge in [0, 0.05) is 0 Å². The smallest absolute Gasteiger partial charge is 0.177 e. The summed E-state index contributed by atoms with van der Waals surface area (Å²) in [4.78, 5) is 0. The Labute approximate surface area is 80.3 Å². The average molecular weight is 225 g/mol. The lowest BCUT2D eigenvalue weighted by molar-refractivity contribution is 0.208. The third kappa shape index (κ3) is 2.75. The predicted molar refractivity (Wildman–Crippen MR) is 51.8 cm³/mol. The number of aliphatic hydroxyl groups excluding tert-OH is 1. The molecular formula is C5H11N3O3S2. The highest BCUT2D eigenvalue weighted by Crippen LogP contribution is 2.24. The molecular weight excluding hydrogens is 214 g/mol. The van der Waals surface area contributed by atoms with Crippen LogP contribution in [0.4, 0.5) is 0 Å². The summed E-state index contributed by atoms with van der Waals surface area (Å²) in [5.74, 6) is 4.59. The molecule has 0 bridgehead atoms. The molecule has 13 heavy (non-hydrogen) atoms. The molecule has 0 aromatic heterocycles. The zero-order chi connectivity index (χ0) is 10.1. The van der Waals surface area contributed by atoms with Gasteiger partial charge in [-0.3, -0.25) is 0 Å². The summed E-state index contributed by atoms with van der Waals surface area (Å²) in [7, 11) is -3.12. The summed E-state index contributed by atoms with van der Waals surface area (Å²) < 4.78 is 22.1. The van der Waals surface area contributed by atoms with Gasteiger partial charge in [-0.2, -0.15) is 5.10 Å². The maximum atomic E-state index is 11.0. The van der Waals surface area contributed by atoms with Gasteiger partial charge < -0.3 is 16.7 Å². The predicted octanol–water partition coefficient (Wildman–Crippen LogP) is -1.93. The number of nitrogens with two attached hydrogens (primary N) is 2. The molecule has 1 rings (SSSR count). The maximum Gasteiger partial charge on any atom is 0.177 e. The molecule has 5 N–H and O–H groups in total. The van der Waals surface area contributed by atoms with Crippen LogP contribution in [0.2, 0.25) is 0 Å². The molecule has 2 atom stereocenters. The first-order valence-corrected chi connectivity index (χ1v) is 6.23. The first-order valence-electron chi connectivity index (χ1n) is 3.53. The highest BCUT2D eigenvalue weighted by Gasteiger charge is 2.37. The van der Waals surface area contributed by atoms with E-state index >= 15 is 0 Å². The molecule has 1 saturated heterocycles. The van der Waals surface area contributed by atoms with Crippen LogP contribution in [-0.2, 0) is 9.84 Å². The second-order valence-corrected chi connectivity index (χ2v) is 6.18. The minimum atomic E-state index is -3.12. The van der Waals surface area contributed by atoms with Crippen molar-refractivity contribution in [2.75, 3.05) is 11.5 Å². The number of rotatable bonds is 1. The fourth-order valence-electron chi connectivity index (χ4n) is 1.09. The van der Waals surface area contributed by atoms with E-state index in [4.69, 9.17) is 11.6 Å². The standard InChI is InChI=1S/C5H11N3O3S2/c6-5(8-7)12-4-2-13(10,11)1-3(4)9/h3-4,9H,1-2,7H2,(H2,6,8). The van der Waals surface area contributed by atoms with Crippen molar-refractivity contribution in [3.8, 4) is 0 Å². The second kappa shape index (κ2) is 3.72. The van der Waals surface area contributed by atoms with Crippen molar-refractivity contribution in [1.82, 2.24) is 0 Å². The van der Waals surface area contributed by atoms with Crippen LogP contribution >= 0.6 is 11.8 Å². The van der Waals surface area contributed by atoms with Gasteiger partial charge in [0.25, 0.3) is 0 Å². The van der Waals surface area contributed by atoms with E-state index in [-0.39, 0.29) is 16.7 Å². The fraction of sp³-hybridized carbons (Fsp3) is 0.800. The van der Waals surface area contributed by atoms with Gasteiger partial charge in [-0.25, -0.2) is 8.42 Å². The first kappa shape index (κ1) is 10.6. The normalized spacial score (nSPS) is 33.5. The molecule has 2 unspecified atom stereocenters. The Morgan fingerprint density at radius 3 is 2.54 bits per heavy atom. The van der Waals surface area contributed by atoms with Crippen LogP contribution in [0.1, 0.15) is 0 Å². The van der Waals surface area contributed by atoms with E-state index in [1.54, 1.807) is 0 Å². The number of hydrogen-bond donors (Lipinski definition) is 3. The van der Waals surface area contributed by atoms with Crippen molar-refractivity contribution in [3.63, 3.8) is 0 Å². The molecule has 8 heteroatoms. The van der Waals surface area contributed by atoms with Crippen molar-refractivity contribution in [2.24, 2.45) is 16.7 Å². The van der Waals surface area contributed by atoms with Gasteiger partial charge in [-0.1, -0.05) is 11.8 Å². The van der Waals surface area contributed by atoms with Crippen LogP contribution < -0.4 is 11.6 Å².